The Balaban J connectivity index is 2.07. The van der Waals surface area contributed by atoms with Crippen LogP contribution in [0.15, 0.2) is 18.2 Å². The summed E-state index contributed by atoms with van der Waals surface area (Å²) in [6, 6.07) is 4.73. The van der Waals surface area contributed by atoms with Crippen molar-refractivity contribution in [3.63, 3.8) is 0 Å². The lowest BCUT2D eigenvalue weighted by Gasteiger charge is -2.42. The van der Waals surface area contributed by atoms with Crippen LogP contribution in [-0.4, -0.2) is 19.2 Å². The van der Waals surface area contributed by atoms with Crippen LogP contribution in [0, 0.1) is 12.7 Å². The summed E-state index contributed by atoms with van der Waals surface area (Å²) in [6.45, 7) is 2.85. The van der Waals surface area contributed by atoms with Gasteiger partial charge in [-0.15, -0.1) is 0 Å². The highest BCUT2D eigenvalue weighted by Gasteiger charge is 2.38. The van der Waals surface area contributed by atoms with E-state index in [9.17, 15) is 4.39 Å². The smallest absolute Gasteiger partial charge is 0.123 e. The first-order chi connectivity index (χ1) is 8.15. The van der Waals surface area contributed by atoms with Gasteiger partial charge in [-0.2, -0.15) is 0 Å². The highest BCUT2D eigenvalue weighted by molar-refractivity contribution is 5.33. The van der Waals surface area contributed by atoms with Gasteiger partial charge in [0.15, 0.2) is 0 Å². The lowest BCUT2D eigenvalue weighted by Crippen LogP contribution is -2.45. The SMILES string of the molecule is CNCCC1(Oc2ccc(F)cc2C)CCC1. The van der Waals surface area contributed by atoms with Gasteiger partial charge in [-0.3, -0.25) is 0 Å². The van der Waals surface area contributed by atoms with E-state index in [2.05, 4.69) is 5.32 Å². The van der Waals surface area contributed by atoms with Crippen molar-refractivity contribution in [1.82, 2.24) is 5.32 Å². The van der Waals surface area contributed by atoms with Gasteiger partial charge in [0.25, 0.3) is 0 Å². The quantitative estimate of drug-likeness (QED) is 0.850. The molecule has 17 heavy (non-hydrogen) atoms. The molecule has 0 saturated heterocycles. The molecule has 0 heterocycles. The van der Waals surface area contributed by atoms with Gasteiger partial charge in [0.05, 0.1) is 0 Å². The molecule has 0 spiro atoms. The fraction of sp³-hybridized carbons (Fsp3) is 0.571. The molecule has 0 aromatic heterocycles. The summed E-state index contributed by atoms with van der Waals surface area (Å²) in [6.07, 6.45) is 4.45. The van der Waals surface area contributed by atoms with Crippen LogP contribution in [0.25, 0.3) is 0 Å². The molecular formula is C14H20FNO. The van der Waals surface area contributed by atoms with Crippen molar-refractivity contribution >= 4 is 0 Å². The highest BCUT2D eigenvalue weighted by Crippen LogP contribution is 2.40. The summed E-state index contributed by atoms with van der Waals surface area (Å²) in [7, 11) is 1.95. The summed E-state index contributed by atoms with van der Waals surface area (Å²) in [5.74, 6) is 0.620. The molecule has 1 N–H and O–H groups in total. The summed E-state index contributed by atoms with van der Waals surface area (Å²) >= 11 is 0. The van der Waals surface area contributed by atoms with Gasteiger partial charge in [0.1, 0.15) is 17.2 Å². The summed E-state index contributed by atoms with van der Waals surface area (Å²) in [5.41, 5.74) is 0.853. The number of hydrogen-bond donors (Lipinski definition) is 1. The van der Waals surface area contributed by atoms with Crippen LogP contribution < -0.4 is 10.1 Å². The van der Waals surface area contributed by atoms with E-state index >= 15 is 0 Å². The third-order valence-corrected chi connectivity index (χ3v) is 3.56. The summed E-state index contributed by atoms with van der Waals surface area (Å²) in [5, 5.41) is 3.16. The van der Waals surface area contributed by atoms with Gasteiger partial charge in [0, 0.05) is 0 Å². The zero-order valence-electron chi connectivity index (χ0n) is 10.6. The number of benzene rings is 1. The standard InChI is InChI=1S/C14H20FNO/c1-11-10-12(15)4-5-13(11)17-14(6-3-7-14)8-9-16-2/h4-5,10,16H,3,6-9H2,1-2H3. The molecule has 2 rings (SSSR count). The Kier molecular flexibility index (Phi) is 3.67. The van der Waals surface area contributed by atoms with E-state index in [0.717, 1.165) is 37.1 Å². The molecule has 3 heteroatoms. The maximum atomic E-state index is 13.0. The second-order valence-electron chi connectivity index (χ2n) is 4.90. The van der Waals surface area contributed by atoms with Crippen molar-refractivity contribution in [2.75, 3.05) is 13.6 Å². The minimum Gasteiger partial charge on any atom is -0.487 e. The van der Waals surface area contributed by atoms with Crippen LogP contribution in [-0.2, 0) is 0 Å². The van der Waals surface area contributed by atoms with E-state index in [4.69, 9.17) is 4.74 Å². The second-order valence-corrected chi connectivity index (χ2v) is 4.90. The van der Waals surface area contributed by atoms with Crippen LogP contribution in [0.3, 0.4) is 0 Å². The molecule has 0 radical (unpaired) electrons. The van der Waals surface area contributed by atoms with Crippen molar-refractivity contribution in [3.8, 4) is 5.75 Å². The number of rotatable bonds is 5. The number of ether oxygens (including phenoxy) is 1. The number of nitrogens with one attached hydrogen (secondary N) is 1. The minimum absolute atomic E-state index is 0.0222. The number of aryl methyl sites for hydroxylation is 1. The van der Waals surface area contributed by atoms with Crippen LogP contribution in [0.5, 0.6) is 5.75 Å². The van der Waals surface area contributed by atoms with Gasteiger partial charge in [-0.25, -0.2) is 4.39 Å². The highest BCUT2D eigenvalue weighted by atomic mass is 19.1. The molecule has 0 unspecified atom stereocenters. The van der Waals surface area contributed by atoms with Crippen LogP contribution in [0.2, 0.25) is 0 Å². The molecule has 1 aromatic rings. The zero-order valence-corrected chi connectivity index (χ0v) is 10.6. The van der Waals surface area contributed by atoms with E-state index in [0.29, 0.717) is 0 Å². The monoisotopic (exact) mass is 237 g/mol. The van der Waals surface area contributed by atoms with E-state index < -0.39 is 0 Å². The van der Waals surface area contributed by atoms with Crippen LogP contribution in [0.4, 0.5) is 4.39 Å². The van der Waals surface area contributed by atoms with Gasteiger partial charge < -0.3 is 10.1 Å². The van der Waals surface area contributed by atoms with E-state index in [1.54, 1.807) is 6.07 Å². The van der Waals surface area contributed by atoms with E-state index in [-0.39, 0.29) is 11.4 Å². The molecule has 1 fully saturated rings. The second kappa shape index (κ2) is 5.05. The molecule has 1 aromatic carbocycles. The van der Waals surface area contributed by atoms with Crippen LogP contribution in [0.1, 0.15) is 31.2 Å². The van der Waals surface area contributed by atoms with Gasteiger partial charge in [-0.05, 0) is 70.0 Å². The van der Waals surface area contributed by atoms with E-state index in [1.165, 1.54) is 18.6 Å². The van der Waals surface area contributed by atoms with Crippen molar-refractivity contribution < 1.29 is 9.13 Å². The molecule has 1 aliphatic carbocycles. The molecule has 2 nitrogen and oxygen atoms in total. The fourth-order valence-corrected chi connectivity index (χ4v) is 2.29. The predicted molar refractivity (Wildman–Crippen MR) is 66.9 cm³/mol. The maximum absolute atomic E-state index is 13.0. The molecule has 0 aliphatic heterocycles. The van der Waals surface area contributed by atoms with Gasteiger partial charge >= 0.3 is 0 Å². The lowest BCUT2D eigenvalue weighted by molar-refractivity contribution is -0.0144. The molecule has 94 valence electrons. The molecule has 1 aliphatic rings. The Morgan fingerprint density at radius 1 is 1.41 bits per heavy atom. The van der Waals surface area contributed by atoms with Gasteiger partial charge in [-0.1, -0.05) is 0 Å². The fourth-order valence-electron chi connectivity index (χ4n) is 2.29. The Bertz CT molecular complexity index is 388. The zero-order chi connectivity index (χ0) is 12.3. The van der Waals surface area contributed by atoms with Crippen molar-refractivity contribution in [2.45, 2.75) is 38.2 Å². The first-order valence-electron chi connectivity index (χ1n) is 6.25. The van der Waals surface area contributed by atoms with Crippen molar-refractivity contribution in [2.24, 2.45) is 0 Å². The normalized spacial score (nSPS) is 17.6. The topological polar surface area (TPSA) is 21.3 Å². The predicted octanol–water partition coefficient (Wildman–Crippen LogP) is 3.05. The average Bonchev–Trinajstić information content (AvgIpc) is 2.25. The number of halogens is 1. The van der Waals surface area contributed by atoms with Crippen molar-refractivity contribution in [1.29, 1.82) is 0 Å². The molecule has 0 amide bonds. The Labute approximate surface area is 102 Å². The number of hydrogen-bond acceptors (Lipinski definition) is 2. The third-order valence-electron chi connectivity index (χ3n) is 3.56. The molecular weight excluding hydrogens is 217 g/mol. The van der Waals surface area contributed by atoms with Crippen molar-refractivity contribution in [3.05, 3.63) is 29.6 Å². The molecule has 0 bridgehead atoms. The maximum Gasteiger partial charge on any atom is 0.123 e. The Morgan fingerprint density at radius 3 is 2.71 bits per heavy atom. The first kappa shape index (κ1) is 12.4. The van der Waals surface area contributed by atoms with Crippen LogP contribution >= 0.6 is 0 Å². The average molecular weight is 237 g/mol. The summed E-state index contributed by atoms with van der Waals surface area (Å²) in [4.78, 5) is 0. The third kappa shape index (κ3) is 2.78. The Morgan fingerprint density at radius 2 is 2.18 bits per heavy atom. The largest absolute Gasteiger partial charge is 0.487 e. The van der Waals surface area contributed by atoms with E-state index in [1.807, 2.05) is 14.0 Å². The lowest BCUT2D eigenvalue weighted by atomic mass is 9.77. The molecule has 0 atom stereocenters. The summed E-state index contributed by atoms with van der Waals surface area (Å²) < 4.78 is 19.1. The van der Waals surface area contributed by atoms with Gasteiger partial charge in [0.2, 0.25) is 0 Å². The Hall–Kier alpha value is -1.09. The minimum atomic E-state index is -0.201. The first-order valence-corrected chi connectivity index (χ1v) is 6.25. The molecule has 1 saturated carbocycles.